The van der Waals surface area contributed by atoms with Gasteiger partial charge in [0.1, 0.15) is 5.52 Å². The summed E-state index contributed by atoms with van der Waals surface area (Å²) in [6.07, 6.45) is 0. The van der Waals surface area contributed by atoms with Gasteiger partial charge in [-0.1, -0.05) is 29.8 Å². The summed E-state index contributed by atoms with van der Waals surface area (Å²) in [5, 5.41) is 0.666. The van der Waals surface area contributed by atoms with E-state index in [1.807, 2.05) is 24.3 Å². The highest BCUT2D eigenvalue weighted by molar-refractivity contribution is 6.31. The van der Waals surface area contributed by atoms with E-state index in [1.165, 1.54) is 5.56 Å². The van der Waals surface area contributed by atoms with Gasteiger partial charge in [-0.25, -0.2) is 4.98 Å². The van der Waals surface area contributed by atoms with Crippen molar-refractivity contribution < 1.29 is 9.15 Å². The fourth-order valence-electron chi connectivity index (χ4n) is 2.88. The molecule has 1 aliphatic rings. The monoisotopic (exact) mass is 328 g/mol. The maximum Gasteiger partial charge on any atom is 0.227 e. The van der Waals surface area contributed by atoms with Crippen LogP contribution in [0.15, 0.2) is 46.9 Å². The zero-order valence-corrected chi connectivity index (χ0v) is 13.4. The molecule has 1 aromatic heterocycles. The van der Waals surface area contributed by atoms with Gasteiger partial charge >= 0.3 is 0 Å². The number of fused-ring (bicyclic) bond motifs is 1. The van der Waals surface area contributed by atoms with Gasteiger partial charge in [-0.05, 0) is 29.8 Å². The van der Waals surface area contributed by atoms with E-state index >= 15 is 0 Å². The van der Waals surface area contributed by atoms with Crippen molar-refractivity contribution >= 4 is 22.7 Å². The van der Waals surface area contributed by atoms with E-state index in [0.29, 0.717) is 10.9 Å². The van der Waals surface area contributed by atoms with Crippen LogP contribution in [0, 0.1) is 0 Å². The standard InChI is InChI=1S/C18H17ClN2O2/c19-14-5-6-17-16(11-14)20-18(23-17)15-4-2-1-3-13(15)12-21-7-9-22-10-8-21/h1-6,11H,7-10,12H2. The zero-order valence-electron chi connectivity index (χ0n) is 12.7. The van der Waals surface area contributed by atoms with Crippen molar-refractivity contribution in [3.05, 3.63) is 53.1 Å². The Kier molecular flexibility index (Phi) is 4.04. The lowest BCUT2D eigenvalue weighted by atomic mass is 10.1. The van der Waals surface area contributed by atoms with E-state index in [9.17, 15) is 0 Å². The van der Waals surface area contributed by atoms with E-state index in [0.717, 1.165) is 49.5 Å². The number of nitrogens with zero attached hydrogens (tertiary/aromatic N) is 2. The van der Waals surface area contributed by atoms with Crippen LogP contribution in [0.3, 0.4) is 0 Å². The first-order valence-electron chi connectivity index (χ1n) is 7.74. The molecule has 4 nitrogen and oxygen atoms in total. The lowest BCUT2D eigenvalue weighted by molar-refractivity contribution is 0.0342. The normalized spacial score (nSPS) is 16.0. The quantitative estimate of drug-likeness (QED) is 0.729. The largest absolute Gasteiger partial charge is 0.436 e. The molecule has 0 amide bonds. The van der Waals surface area contributed by atoms with Crippen LogP contribution in [-0.4, -0.2) is 36.2 Å². The molecule has 1 fully saturated rings. The first-order chi connectivity index (χ1) is 11.3. The molecule has 4 rings (SSSR count). The lowest BCUT2D eigenvalue weighted by Crippen LogP contribution is -2.35. The SMILES string of the molecule is Clc1ccc2oc(-c3ccccc3CN3CCOCC3)nc2c1. The molecule has 1 saturated heterocycles. The highest BCUT2D eigenvalue weighted by atomic mass is 35.5. The predicted molar refractivity (Wildman–Crippen MR) is 90.6 cm³/mol. The average Bonchev–Trinajstić information content (AvgIpc) is 2.99. The van der Waals surface area contributed by atoms with Crippen molar-refractivity contribution in [1.29, 1.82) is 0 Å². The number of ether oxygens (including phenoxy) is 1. The summed E-state index contributed by atoms with van der Waals surface area (Å²) in [7, 11) is 0. The fraction of sp³-hybridized carbons (Fsp3) is 0.278. The van der Waals surface area contributed by atoms with E-state index in [1.54, 1.807) is 0 Å². The van der Waals surface area contributed by atoms with E-state index < -0.39 is 0 Å². The Morgan fingerprint density at radius 3 is 2.78 bits per heavy atom. The third-order valence-electron chi connectivity index (χ3n) is 4.10. The number of morpholine rings is 1. The Bertz CT molecular complexity index is 825. The van der Waals surface area contributed by atoms with Crippen LogP contribution in [-0.2, 0) is 11.3 Å². The van der Waals surface area contributed by atoms with Crippen LogP contribution in [0.5, 0.6) is 0 Å². The van der Waals surface area contributed by atoms with Crippen LogP contribution in [0.1, 0.15) is 5.56 Å². The number of hydrogen-bond donors (Lipinski definition) is 0. The van der Waals surface area contributed by atoms with Crippen molar-refractivity contribution in [1.82, 2.24) is 9.88 Å². The molecule has 23 heavy (non-hydrogen) atoms. The van der Waals surface area contributed by atoms with E-state index in [2.05, 4.69) is 28.1 Å². The minimum absolute atomic E-state index is 0.645. The van der Waals surface area contributed by atoms with Crippen LogP contribution in [0.4, 0.5) is 0 Å². The number of oxazole rings is 1. The highest BCUT2D eigenvalue weighted by Crippen LogP contribution is 2.29. The van der Waals surface area contributed by atoms with Crippen LogP contribution in [0.25, 0.3) is 22.6 Å². The second-order valence-electron chi connectivity index (χ2n) is 5.68. The molecule has 2 heterocycles. The minimum atomic E-state index is 0.645. The third-order valence-corrected chi connectivity index (χ3v) is 4.33. The topological polar surface area (TPSA) is 38.5 Å². The summed E-state index contributed by atoms with van der Waals surface area (Å²) < 4.78 is 11.3. The number of rotatable bonds is 3. The zero-order chi connectivity index (χ0) is 15.6. The number of aromatic nitrogens is 1. The van der Waals surface area contributed by atoms with Crippen molar-refractivity contribution in [3.63, 3.8) is 0 Å². The van der Waals surface area contributed by atoms with Gasteiger partial charge in [-0.15, -0.1) is 0 Å². The van der Waals surface area contributed by atoms with E-state index in [-0.39, 0.29) is 0 Å². The third kappa shape index (κ3) is 3.11. The van der Waals surface area contributed by atoms with Crippen LogP contribution in [0.2, 0.25) is 5.02 Å². The molecular formula is C18H17ClN2O2. The first-order valence-corrected chi connectivity index (χ1v) is 8.12. The molecule has 0 atom stereocenters. The Labute approximate surface area is 139 Å². The molecule has 1 aliphatic heterocycles. The molecule has 0 bridgehead atoms. The van der Waals surface area contributed by atoms with Crippen molar-refractivity contribution in [3.8, 4) is 11.5 Å². The molecule has 5 heteroatoms. The highest BCUT2D eigenvalue weighted by Gasteiger charge is 2.16. The molecule has 2 aromatic carbocycles. The van der Waals surface area contributed by atoms with Crippen molar-refractivity contribution in [2.45, 2.75) is 6.54 Å². The Balaban J connectivity index is 1.69. The number of benzene rings is 2. The summed E-state index contributed by atoms with van der Waals surface area (Å²) >= 11 is 6.03. The Morgan fingerprint density at radius 2 is 1.91 bits per heavy atom. The van der Waals surface area contributed by atoms with Gasteiger partial charge in [0, 0.05) is 30.2 Å². The molecule has 0 aliphatic carbocycles. The lowest BCUT2D eigenvalue weighted by Gasteiger charge is -2.27. The maximum atomic E-state index is 6.03. The molecule has 3 aromatic rings. The smallest absolute Gasteiger partial charge is 0.227 e. The van der Waals surface area contributed by atoms with Gasteiger partial charge in [0.2, 0.25) is 5.89 Å². The molecule has 0 spiro atoms. The molecule has 0 N–H and O–H groups in total. The molecule has 0 unspecified atom stereocenters. The average molecular weight is 329 g/mol. The second kappa shape index (κ2) is 6.32. The Hall–Kier alpha value is -1.88. The van der Waals surface area contributed by atoms with Crippen molar-refractivity contribution in [2.24, 2.45) is 0 Å². The summed E-state index contributed by atoms with van der Waals surface area (Å²) in [5.74, 6) is 0.645. The summed E-state index contributed by atoms with van der Waals surface area (Å²) in [5.41, 5.74) is 3.79. The minimum Gasteiger partial charge on any atom is -0.436 e. The van der Waals surface area contributed by atoms with Gasteiger partial charge in [0.25, 0.3) is 0 Å². The van der Waals surface area contributed by atoms with Crippen molar-refractivity contribution in [2.75, 3.05) is 26.3 Å². The van der Waals surface area contributed by atoms with E-state index in [4.69, 9.17) is 20.8 Å². The second-order valence-corrected chi connectivity index (χ2v) is 6.11. The molecule has 118 valence electrons. The molecular weight excluding hydrogens is 312 g/mol. The summed E-state index contributed by atoms with van der Waals surface area (Å²) in [6.45, 7) is 4.38. The summed E-state index contributed by atoms with van der Waals surface area (Å²) in [4.78, 5) is 6.99. The van der Waals surface area contributed by atoms with Gasteiger partial charge < -0.3 is 9.15 Å². The summed E-state index contributed by atoms with van der Waals surface area (Å²) in [6, 6.07) is 13.8. The maximum absolute atomic E-state index is 6.03. The van der Waals surface area contributed by atoms with Crippen LogP contribution < -0.4 is 0 Å². The predicted octanol–water partition coefficient (Wildman–Crippen LogP) is 3.98. The fourth-order valence-corrected chi connectivity index (χ4v) is 3.05. The molecule has 0 radical (unpaired) electrons. The van der Waals surface area contributed by atoms with Gasteiger partial charge in [0.05, 0.1) is 13.2 Å². The van der Waals surface area contributed by atoms with Crippen LogP contribution >= 0.6 is 11.6 Å². The van der Waals surface area contributed by atoms with Gasteiger partial charge in [-0.2, -0.15) is 0 Å². The molecule has 0 saturated carbocycles. The number of hydrogen-bond acceptors (Lipinski definition) is 4. The van der Waals surface area contributed by atoms with Gasteiger partial charge in [0.15, 0.2) is 5.58 Å². The van der Waals surface area contributed by atoms with Gasteiger partial charge in [-0.3, -0.25) is 4.90 Å². The number of halogens is 1. The Morgan fingerprint density at radius 1 is 1.09 bits per heavy atom. The first kappa shape index (κ1) is 14.7.